The Labute approximate surface area is 157 Å². The topological polar surface area (TPSA) is 75.6 Å². The predicted octanol–water partition coefficient (Wildman–Crippen LogP) is 3.69. The van der Waals surface area contributed by atoms with Crippen LogP contribution in [0.2, 0.25) is 0 Å². The van der Waals surface area contributed by atoms with E-state index in [1.165, 1.54) is 6.07 Å². The average molecular weight is 361 g/mol. The Balaban J connectivity index is 1.61. The molecule has 0 aliphatic heterocycles. The first-order chi connectivity index (χ1) is 13.2. The molecule has 3 aromatic rings. The van der Waals surface area contributed by atoms with E-state index in [4.69, 9.17) is 9.84 Å². The number of aliphatic hydroxyl groups excluding tert-OH is 1. The third-order valence-corrected chi connectivity index (χ3v) is 3.95. The lowest BCUT2D eigenvalue weighted by Crippen LogP contribution is -2.12. The van der Waals surface area contributed by atoms with Crippen LogP contribution >= 0.6 is 0 Å². The fourth-order valence-corrected chi connectivity index (χ4v) is 2.51. The molecular weight excluding hydrogens is 342 g/mol. The number of rotatable bonds is 7. The van der Waals surface area contributed by atoms with Crippen molar-refractivity contribution in [3.05, 3.63) is 95.6 Å². The van der Waals surface area contributed by atoms with Crippen molar-refractivity contribution < 1.29 is 19.4 Å². The van der Waals surface area contributed by atoms with Gasteiger partial charge in [-0.15, -0.1) is 0 Å². The zero-order valence-corrected chi connectivity index (χ0v) is 14.6. The van der Waals surface area contributed by atoms with Crippen LogP contribution in [-0.2, 0) is 6.61 Å². The quantitative estimate of drug-likeness (QED) is 0.629. The lowest BCUT2D eigenvalue weighted by Gasteiger charge is -2.09. The van der Waals surface area contributed by atoms with Gasteiger partial charge < -0.3 is 15.2 Å². The van der Waals surface area contributed by atoms with Gasteiger partial charge in [-0.25, -0.2) is 0 Å². The summed E-state index contributed by atoms with van der Waals surface area (Å²) in [7, 11) is 0. The number of hydrogen-bond donors (Lipinski definition) is 2. The molecule has 0 fully saturated rings. The maximum Gasteiger partial charge on any atom is 0.255 e. The molecule has 0 spiro atoms. The van der Waals surface area contributed by atoms with Crippen LogP contribution in [0.25, 0.3) is 0 Å². The number of aliphatic hydroxyl groups is 1. The van der Waals surface area contributed by atoms with Crippen LogP contribution in [0.5, 0.6) is 5.75 Å². The van der Waals surface area contributed by atoms with Crippen molar-refractivity contribution in [3.63, 3.8) is 0 Å². The minimum absolute atomic E-state index is 0.293. The molecule has 0 aromatic heterocycles. The van der Waals surface area contributed by atoms with Crippen LogP contribution in [0.1, 0.15) is 26.3 Å². The number of hydrogen-bond acceptors (Lipinski definition) is 4. The lowest BCUT2D eigenvalue weighted by molar-refractivity contribution is 0.0903. The van der Waals surface area contributed by atoms with Gasteiger partial charge in [-0.1, -0.05) is 42.5 Å². The van der Waals surface area contributed by atoms with Crippen molar-refractivity contribution in [3.8, 4) is 5.75 Å². The molecule has 136 valence electrons. The molecule has 0 saturated heterocycles. The number of carbonyl (C=O) groups is 2. The van der Waals surface area contributed by atoms with E-state index in [2.05, 4.69) is 5.32 Å². The Kier molecular flexibility index (Phi) is 5.97. The van der Waals surface area contributed by atoms with Gasteiger partial charge in [0.15, 0.2) is 5.78 Å². The van der Waals surface area contributed by atoms with Crippen molar-refractivity contribution in [2.75, 3.05) is 11.9 Å². The fourth-order valence-electron chi connectivity index (χ4n) is 2.51. The monoisotopic (exact) mass is 361 g/mol. The molecule has 27 heavy (non-hydrogen) atoms. The first kappa shape index (κ1) is 18.4. The highest BCUT2D eigenvalue weighted by atomic mass is 16.5. The molecule has 2 N–H and O–H groups in total. The number of Topliss-reactive ketones (excluding diaryl/α,β-unsaturated/α-hetero) is 1. The summed E-state index contributed by atoms with van der Waals surface area (Å²) in [5.41, 5.74) is 2.38. The molecule has 0 heterocycles. The number of amides is 1. The lowest BCUT2D eigenvalue weighted by atomic mass is 10.1. The number of ketones is 1. The molecule has 0 unspecified atom stereocenters. The molecule has 1 amide bonds. The van der Waals surface area contributed by atoms with Crippen LogP contribution in [0.15, 0.2) is 78.9 Å². The summed E-state index contributed by atoms with van der Waals surface area (Å²) in [6, 6.07) is 23.1. The molecule has 0 saturated carbocycles. The third kappa shape index (κ3) is 5.03. The van der Waals surface area contributed by atoms with E-state index in [0.717, 1.165) is 5.56 Å². The molecule has 0 aliphatic carbocycles. The smallest absolute Gasteiger partial charge is 0.255 e. The number of nitrogens with one attached hydrogen (secondary N) is 1. The van der Waals surface area contributed by atoms with Crippen LogP contribution < -0.4 is 10.1 Å². The van der Waals surface area contributed by atoms with E-state index in [9.17, 15) is 9.59 Å². The van der Waals surface area contributed by atoms with Crippen molar-refractivity contribution in [2.24, 2.45) is 0 Å². The van der Waals surface area contributed by atoms with Gasteiger partial charge in [-0.2, -0.15) is 0 Å². The van der Waals surface area contributed by atoms with E-state index < -0.39 is 12.4 Å². The Bertz CT molecular complexity index is 921. The van der Waals surface area contributed by atoms with Gasteiger partial charge >= 0.3 is 0 Å². The summed E-state index contributed by atoms with van der Waals surface area (Å²) in [4.78, 5) is 23.9. The van der Waals surface area contributed by atoms with Gasteiger partial charge in [0.05, 0.1) is 0 Å². The van der Waals surface area contributed by atoms with Crippen molar-refractivity contribution in [2.45, 2.75) is 6.61 Å². The van der Waals surface area contributed by atoms with Crippen molar-refractivity contribution in [1.82, 2.24) is 0 Å². The summed E-state index contributed by atoms with van der Waals surface area (Å²) in [6.45, 7) is -0.111. The van der Waals surface area contributed by atoms with Crippen LogP contribution in [-0.4, -0.2) is 23.4 Å². The highest BCUT2D eigenvalue weighted by Gasteiger charge is 2.09. The standard InChI is InChI=1S/C22H19NO4/c24-14-21(25)18-7-4-8-19(13-18)23-22(26)17-9-11-20(12-10-17)27-15-16-5-2-1-3-6-16/h1-13,24H,14-15H2,(H,23,26). The Morgan fingerprint density at radius 3 is 2.30 bits per heavy atom. The average Bonchev–Trinajstić information content (AvgIpc) is 2.73. The molecular formula is C22H19NO4. The van der Waals surface area contributed by atoms with E-state index in [-0.39, 0.29) is 5.91 Å². The highest BCUT2D eigenvalue weighted by molar-refractivity contribution is 6.05. The minimum atomic E-state index is -0.568. The molecule has 0 atom stereocenters. The second-order valence-electron chi connectivity index (χ2n) is 5.91. The highest BCUT2D eigenvalue weighted by Crippen LogP contribution is 2.17. The minimum Gasteiger partial charge on any atom is -0.489 e. The van der Waals surface area contributed by atoms with Gasteiger partial charge in [-0.05, 0) is 42.0 Å². The van der Waals surface area contributed by atoms with E-state index in [1.54, 1.807) is 42.5 Å². The van der Waals surface area contributed by atoms with Crippen molar-refractivity contribution in [1.29, 1.82) is 0 Å². The molecule has 0 radical (unpaired) electrons. The van der Waals surface area contributed by atoms with Crippen molar-refractivity contribution >= 4 is 17.4 Å². The predicted molar refractivity (Wildman–Crippen MR) is 103 cm³/mol. The molecule has 5 nitrogen and oxygen atoms in total. The summed E-state index contributed by atoms with van der Waals surface area (Å²) in [5.74, 6) is -0.0184. The van der Waals surface area contributed by atoms with Gasteiger partial charge in [0.1, 0.15) is 19.0 Å². The van der Waals surface area contributed by atoms with Crippen LogP contribution in [0, 0.1) is 0 Å². The van der Waals surface area contributed by atoms with E-state index in [1.807, 2.05) is 30.3 Å². The normalized spacial score (nSPS) is 10.3. The maximum absolute atomic E-state index is 12.4. The summed E-state index contributed by atoms with van der Waals surface area (Å²) >= 11 is 0. The second kappa shape index (κ2) is 8.78. The zero-order valence-electron chi connectivity index (χ0n) is 14.6. The number of carbonyl (C=O) groups excluding carboxylic acids is 2. The van der Waals surface area contributed by atoms with Gasteiger partial charge in [-0.3, -0.25) is 9.59 Å². The van der Waals surface area contributed by atoms with E-state index >= 15 is 0 Å². The summed E-state index contributed by atoms with van der Waals surface area (Å²) in [6.07, 6.45) is 0. The fraction of sp³-hybridized carbons (Fsp3) is 0.0909. The largest absolute Gasteiger partial charge is 0.489 e. The number of benzene rings is 3. The van der Waals surface area contributed by atoms with Crippen LogP contribution in [0.4, 0.5) is 5.69 Å². The first-order valence-corrected chi connectivity index (χ1v) is 8.48. The number of anilines is 1. The SMILES string of the molecule is O=C(CO)c1cccc(NC(=O)c2ccc(OCc3ccccc3)cc2)c1. The number of ether oxygens (including phenoxy) is 1. The first-order valence-electron chi connectivity index (χ1n) is 8.48. The summed E-state index contributed by atoms with van der Waals surface area (Å²) in [5, 5.41) is 11.7. The van der Waals surface area contributed by atoms with Gasteiger partial charge in [0.2, 0.25) is 0 Å². The van der Waals surface area contributed by atoms with Gasteiger partial charge in [0, 0.05) is 16.8 Å². The maximum atomic E-state index is 12.4. The molecule has 0 aliphatic rings. The molecule has 3 aromatic carbocycles. The Morgan fingerprint density at radius 1 is 0.852 bits per heavy atom. The van der Waals surface area contributed by atoms with Gasteiger partial charge in [0.25, 0.3) is 5.91 Å². The molecule has 5 heteroatoms. The molecule has 3 rings (SSSR count). The van der Waals surface area contributed by atoms with E-state index in [0.29, 0.717) is 29.2 Å². The second-order valence-corrected chi connectivity index (χ2v) is 5.91. The third-order valence-electron chi connectivity index (χ3n) is 3.95. The molecule has 0 bridgehead atoms. The van der Waals surface area contributed by atoms with Crippen LogP contribution in [0.3, 0.4) is 0 Å². The summed E-state index contributed by atoms with van der Waals surface area (Å²) < 4.78 is 5.71. The zero-order chi connectivity index (χ0) is 19.1. The Morgan fingerprint density at radius 2 is 1.59 bits per heavy atom. The Hall–Kier alpha value is -3.44.